The van der Waals surface area contributed by atoms with Gasteiger partial charge in [0.15, 0.2) is 0 Å². The Morgan fingerprint density at radius 2 is 1.78 bits per heavy atom. The van der Waals surface area contributed by atoms with Crippen molar-refractivity contribution in [2.75, 3.05) is 0 Å². The fourth-order valence-corrected chi connectivity index (χ4v) is 2.04. The van der Waals surface area contributed by atoms with E-state index in [4.69, 9.17) is 0 Å². The minimum Gasteiger partial charge on any atom is -0.329 e. The van der Waals surface area contributed by atoms with Crippen LogP contribution in [0.5, 0.6) is 0 Å². The van der Waals surface area contributed by atoms with Gasteiger partial charge in [-0.05, 0) is 46.8 Å². The molecule has 0 aliphatic carbocycles. The van der Waals surface area contributed by atoms with Crippen LogP contribution >= 0.6 is 0 Å². The zero-order valence-electron chi connectivity index (χ0n) is 9.48. The van der Waals surface area contributed by atoms with Crippen molar-refractivity contribution in [3.63, 3.8) is 0 Å². The Bertz CT molecular complexity index is 777. The fraction of sp³-hybridized carbons (Fsp3) is 0. The monoisotopic (exact) mass is 239 g/mol. The van der Waals surface area contributed by atoms with Crippen molar-refractivity contribution in [3.05, 3.63) is 70.9 Å². The lowest BCUT2D eigenvalue weighted by Gasteiger charge is -2.03. The second-order valence-electron chi connectivity index (χ2n) is 4.12. The van der Waals surface area contributed by atoms with Crippen LogP contribution in [0.15, 0.2) is 59.5 Å². The molecule has 0 unspecified atom stereocenters. The molecule has 0 atom stereocenters. The molecule has 0 saturated carbocycles. The topological polar surface area (TPSA) is 32.9 Å². The highest BCUT2D eigenvalue weighted by molar-refractivity contribution is 5.86. The fourth-order valence-electron chi connectivity index (χ4n) is 2.04. The maximum Gasteiger partial charge on any atom is 0.255 e. The Morgan fingerprint density at radius 3 is 2.61 bits per heavy atom. The number of hydrogen-bond acceptors (Lipinski definition) is 1. The standard InChI is InChI=1S/C15H10FNO/c16-13-3-1-2-10(9-13)11-4-5-14-12(8-11)6-7-17-15(14)18/h1-9H,(H,17,18). The van der Waals surface area contributed by atoms with E-state index in [0.717, 1.165) is 16.5 Å². The highest BCUT2D eigenvalue weighted by atomic mass is 19.1. The number of fused-ring (bicyclic) bond motifs is 1. The first-order valence-electron chi connectivity index (χ1n) is 5.61. The molecule has 1 aromatic heterocycles. The Labute approximate surface area is 103 Å². The summed E-state index contributed by atoms with van der Waals surface area (Å²) in [5.41, 5.74) is 1.59. The second-order valence-corrected chi connectivity index (χ2v) is 4.12. The van der Waals surface area contributed by atoms with Crippen LogP contribution in [0.25, 0.3) is 21.9 Å². The van der Waals surface area contributed by atoms with Gasteiger partial charge in [-0.25, -0.2) is 4.39 Å². The Hall–Kier alpha value is -2.42. The summed E-state index contributed by atoms with van der Waals surface area (Å²) in [4.78, 5) is 14.2. The van der Waals surface area contributed by atoms with Gasteiger partial charge in [0.2, 0.25) is 0 Å². The minimum atomic E-state index is -0.265. The molecule has 0 fully saturated rings. The molecule has 0 saturated heterocycles. The van der Waals surface area contributed by atoms with Crippen LogP contribution in [-0.2, 0) is 0 Å². The van der Waals surface area contributed by atoms with Crippen LogP contribution in [0.1, 0.15) is 0 Å². The average Bonchev–Trinajstić information content (AvgIpc) is 2.39. The van der Waals surface area contributed by atoms with Gasteiger partial charge in [-0.3, -0.25) is 4.79 Å². The summed E-state index contributed by atoms with van der Waals surface area (Å²) in [6.45, 7) is 0. The molecule has 2 nitrogen and oxygen atoms in total. The number of aromatic amines is 1. The molecule has 3 aromatic rings. The first-order valence-corrected chi connectivity index (χ1v) is 5.61. The van der Waals surface area contributed by atoms with E-state index in [1.165, 1.54) is 12.1 Å². The molecule has 0 amide bonds. The third kappa shape index (κ3) is 1.80. The molecule has 1 N–H and O–H groups in total. The highest BCUT2D eigenvalue weighted by Crippen LogP contribution is 2.23. The van der Waals surface area contributed by atoms with Crippen molar-refractivity contribution in [3.8, 4) is 11.1 Å². The molecule has 0 radical (unpaired) electrons. The van der Waals surface area contributed by atoms with Crippen LogP contribution in [0.3, 0.4) is 0 Å². The van der Waals surface area contributed by atoms with Gasteiger partial charge in [0.05, 0.1) is 0 Å². The first-order chi connectivity index (χ1) is 8.74. The van der Waals surface area contributed by atoms with Crippen molar-refractivity contribution in [2.45, 2.75) is 0 Å². The van der Waals surface area contributed by atoms with Gasteiger partial charge >= 0.3 is 0 Å². The SMILES string of the molecule is O=c1[nH]ccc2cc(-c3cccc(F)c3)ccc12. The lowest BCUT2D eigenvalue weighted by Crippen LogP contribution is -2.03. The summed E-state index contributed by atoms with van der Waals surface area (Å²) in [7, 11) is 0. The summed E-state index contributed by atoms with van der Waals surface area (Å²) < 4.78 is 13.2. The number of pyridine rings is 1. The van der Waals surface area contributed by atoms with Crippen molar-refractivity contribution < 1.29 is 4.39 Å². The summed E-state index contributed by atoms with van der Waals surface area (Å²) >= 11 is 0. The van der Waals surface area contributed by atoms with E-state index in [-0.39, 0.29) is 11.4 Å². The largest absolute Gasteiger partial charge is 0.329 e. The van der Waals surface area contributed by atoms with Crippen molar-refractivity contribution in [2.24, 2.45) is 0 Å². The van der Waals surface area contributed by atoms with Crippen molar-refractivity contribution in [1.29, 1.82) is 0 Å². The smallest absolute Gasteiger partial charge is 0.255 e. The maximum absolute atomic E-state index is 13.2. The van der Waals surface area contributed by atoms with E-state index in [1.807, 2.05) is 24.3 Å². The third-order valence-electron chi connectivity index (χ3n) is 2.93. The van der Waals surface area contributed by atoms with E-state index < -0.39 is 0 Å². The first kappa shape index (κ1) is 10.7. The Kier molecular flexibility index (Phi) is 2.45. The predicted octanol–water partition coefficient (Wildman–Crippen LogP) is 3.33. The number of halogens is 1. The van der Waals surface area contributed by atoms with Gasteiger partial charge < -0.3 is 4.98 Å². The summed E-state index contributed by atoms with van der Waals surface area (Å²) in [5.74, 6) is -0.265. The van der Waals surface area contributed by atoms with Crippen molar-refractivity contribution >= 4 is 10.8 Å². The summed E-state index contributed by atoms with van der Waals surface area (Å²) in [6.07, 6.45) is 1.61. The number of rotatable bonds is 1. The zero-order valence-corrected chi connectivity index (χ0v) is 9.48. The van der Waals surface area contributed by atoms with Crippen molar-refractivity contribution in [1.82, 2.24) is 4.98 Å². The molecule has 0 spiro atoms. The molecule has 0 bridgehead atoms. The molecule has 0 aliphatic heterocycles. The average molecular weight is 239 g/mol. The number of benzene rings is 2. The lowest BCUT2D eigenvalue weighted by atomic mass is 10.0. The van der Waals surface area contributed by atoms with E-state index in [9.17, 15) is 9.18 Å². The van der Waals surface area contributed by atoms with E-state index in [2.05, 4.69) is 4.98 Å². The normalized spacial score (nSPS) is 10.7. The van der Waals surface area contributed by atoms with Gasteiger partial charge in [0, 0.05) is 11.6 Å². The zero-order chi connectivity index (χ0) is 12.5. The quantitative estimate of drug-likeness (QED) is 0.694. The molecule has 3 rings (SSSR count). The molecule has 3 heteroatoms. The van der Waals surface area contributed by atoms with E-state index in [0.29, 0.717) is 5.39 Å². The maximum atomic E-state index is 13.2. The number of H-pyrrole nitrogens is 1. The van der Waals surface area contributed by atoms with E-state index >= 15 is 0 Å². The molecule has 18 heavy (non-hydrogen) atoms. The van der Waals surface area contributed by atoms with Crippen LogP contribution in [0.4, 0.5) is 4.39 Å². The number of aromatic nitrogens is 1. The Morgan fingerprint density at radius 1 is 0.944 bits per heavy atom. The molecule has 0 aliphatic rings. The Balaban J connectivity index is 2.23. The second kappa shape index (κ2) is 4.11. The number of nitrogens with one attached hydrogen (secondary N) is 1. The third-order valence-corrected chi connectivity index (χ3v) is 2.93. The molecule has 88 valence electrons. The summed E-state index contributed by atoms with van der Waals surface area (Å²) in [6, 6.07) is 13.7. The number of hydrogen-bond donors (Lipinski definition) is 1. The summed E-state index contributed by atoms with van der Waals surface area (Å²) in [5, 5.41) is 1.48. The molecular formula is C15H10FNO. The van der Waals surface area contributed by atoms with E-state index in [1.54, 1.807) is 18.3 Å². The van der Waals surface area contributed by atoms with Gasteiger partial charge in [-0.2, -0.15) is 0 Å². The van der Waals surface area contributed by atoms with Gasteiger partial charge in [-0.15, -0.1) is 0 Å². The van der Waals surface area contributed by atoms with Crippen LogP contribution < -0.4 is 5.56 Å². The lowest BCUT2D eigenvalue weighted by molar-refractivity contribution is 0.628. The predicted molar refractivity (Wildman–Crippen MR) is 70.0 cm³/mol. The minimum absolute atomic E-state index is 0.113. The van der Waals surface area contributed by atoms with Crippen LogP contribution in [-0.4, -0.2) is 4.98 Å². The van der Waals surface area contributed by atoms with Gasteiger partial charge in [-0.1, -0.05) is 18.2 Å². The van der Waals surface area contributed by atoms with Crippen LogP contribution in [0.2, 0.25) is 0 Å². The molecular weight excluding hydrogens is 229 g/mol. The van der Waals surface area contributed by atoms with Crippen LogP contribution in [0, 0.1) is 5.82 Å². The van der Waals surface area contributed by atoms with Gasteiger partial charge in [0.25, 0.3) is 5.56 Å². The molecule has 2 aromatic carbocycles. The highest BCUT2D eigenvalue weighted by Gasteiger charge is 2.02. The van der Waals surface area contributed by atoms with Gasteiger partial charge in [0.1, 0.15) is 5.82 Å². The molecule has 1 heterocycles.